The van der Waals surface area contributed by atoms with Crippen molar-refractivity contribution < 1.29 is 9.90 Å². The first kappa shape index (κ1) is 14.0. The van der Waals surface area contributed by atoms with Gasteiger partial charge in [0.25, 0.3) is 5.56 Å². The van der Waals surface area contributed by atoms with E-state index < -0.39 is 5.56 Å². The van der Waals surface area contributed by atoms with Crippen molar-refractivity contribution in [3.63, 3.8) is 0 Å². The van der Waals surface area contributed by atoms with Gasteiger partial charge in [-0.2, -0.15) is 0 Å². The van der Waals surface area contributed by atoms with E-state index >= 15 is 0 Å². The normalized spacial score (nSPS) is 10.8. The third-order valence-corrected chi connectivity index (χ3v) is 3.61. The smallest absolute Gasteiger partial charge is 0.265 e. The molecule has 2 aromatic heterocycles. The summed E-state index contributed by atoms with van der Waals surface area (Å²) in [5.41, 5.74) is 2.02. The van der Waals surface area contributed by atoms with Crippen LogP contribution in [0, 0.1) is 6.92 Å². The van der Waals surface area contributed by atoms with Crippen molar-refractivity contribution >= 4 is 17.3 Å². The van der Waals surface area contributed by atoms with Gasteiger partial charge in [-0.05, 0) is 24.6 Å². The summed E-state index contributed by atoms with van der Waals surface area (Å²) in [5.74, 6) is -0.365. The zero-order valence-corrected chi connectivity index (χ0v) is 12.0. The molecule has 2 heterocycles. The van der Waals surface area contributed by atoms with Gasteiger partial charge < -0.3 is 9.67 Å². The molecular formula is C17H14N2O3. The lowest BCUT2D eigenvalue weighted by Crippen LogP contribution is -2.25. The van der Waals surface area contributed by atoms with Gasteiger partial charge in [-0.15, -0.1) is 0 Å². The van der Waals surface area contributed by atoms with Crippen molar-refractivity contribution in [1.29, 1.82) is 0 Å². The number of benzene rings is 1. The van der Waals surface area contributed by atoms with Crippen molar-refractivity contribution in [1.82, 2.24) is 9.55 Å². The summed E-state index contributed by atoms with van der Waals surface area (Å²) in [7, 11) is 0. The van der Waals surface area contributed by atoms with Crippen LogP contribution in [-0.2, 0) is 6.54 Å². The van der Waals surface area contributed by atoms with Crippen LogP contribution in [0.25, 0.3) is 11.0 Å². The average Bonchev–Trinajstić information content (AvgIpc) is 2.54. The van der Waals surface area contributed by atoms with E-state index in [2.05, 4.69) is 4.98 Å². The van der Waals surface area contributed by atoms with Crippen molar-refractivity contribution in [2.24, 2.45) is 0 Å². The lowest BCUT2D eigenvalue weighted by molar-refractivity contribution is 0.111. The molecule has 0 unspecified atom stereocenters. The van der Waals surface area contributed by atoms with E-state index in [4.69, 9.17) is 0 Å². The fourth-order valence-electron chi connectivity index (χ4n) is 2.42. The third-order valence-electron chi connectivity index (χ3n) is 3.61. The van der Waals surface area contributed by atoms with Crippen LogP contribution >= 0.6 is 0 Å². The SMILES string of the molecule is Cc1ccc(Cn2c(=O)c(C=O)c(O)c3ncccc32)cc1. The Bertz CT molecular complexity index is 912. The van der Waals surface area contributed by atoms with Gasteiger partial charge in [0, 0.05) is 6.20 Å². The third kappa shape index (κ3) is 2.26. The Balaban J connectivity index is 2.26. The van der Waals surface area contributed by atoms with Gasteiger partial charge in [0.2, 0.25) is 0 Å². The molecule has 5 nitrogen and oxygen atoms in total. The molecule has 0 spiro atoms. The van der Waals surface area contributed by atoms with Crippen molar-refractivity contribution in [2.45, 2.75) is 13.5 Å². The zero-order chi connectivity index (χ0) is 15.7. The van der Waals surface area contributed by atoms with E-state index in [0.717, 1.165) is 11.1 Å². The Kier molecular flexibility index (Phi) is 3.47. The molecule has 1 aromatic carbocycles. The molecule has 110 valence electrons. The minimum Gasteiger partial charge on any atom is -0.505 e. The molecule has 0 aliphatic rings. The van der Waals surface area contributed by atoms with Crippen molar-refractivity contribution in [2.75, 3.05) is 0 Å². The van der Waals surface area contributed by atoms with E-state index in [0.29, 0.717) is 18.3 Å². The van der Waals surface area contributed by atoms with Gasteiger partial charge in [0.15, 0.2) is 12.0 Å². The summed E-state index contributed by atoms with van der Waals surface area (Å²) in [6.45, 7) is 2.29. The van der Waals surface area contributed by atoms with E-state index in [1.54, 1.807) is 12.1 Å². The Labute approximate surface area is 126 Å². The van der Waals surface area contributed by atoms with Crippen LogP contribution in [0.15, 0.2) is 47.4 Å². The standard InChI is InChI=1S/C17H14N2O3/c1-11-4-6-12(7-5-11)9-19-14-3-2-8-18-15(14)16(21)13(10-20)17(19)22/h2-8,10,21H,9H2,1H3. The summed E-state index contributed by atoms with van der Waals surface area (Å²) in [6, 6.07) is 11.2. The lowest BCUT2D eigenvalue weighted by Gasteiger charge is -2.12. The zero-order valence-electron chi connectivity index (χ0n) is 12.0. The summed E-state index contributed by atoms with van der Waals surface area (Å²) < 4.78 is 1.45. The van der Waals surface area contributed by atoms with Crippen LogP contribution in [0.3, 0.4) is 0 Å². The fourth-order valence-corrected chi connectivity index (χ4v) is 2.42. The highest BCUT2D eigenvalue weighted by Crippen LogP contribution is 2.23. The summed E-state index contributed by atoms with van der Waals surface area (Å²) in [4.78, 5) is 27.7. The molecule has 0 bridgehead atoms. The quantitative estimate of drug-likeness (QED) is 0.752. The van der Waals surface area contributed by atoms with Crippen LogP contribution in [0.1, 0.15) is 21.5 Å². The average molecular weight is 294 g/mol. The first-order chi connectivity index (χ1) is 10.6. The predicted octanol–water partition coefficient (Wildman–Crippen LogP) is 2.27. The number of aldehydes is 1. The van der Waals surface area contributed by atoms with Crippen molar-refractivity contribution in [3.05, 3.63) is 69.6 Å². The molecule has 1 N–H and O–H groups in total. The first-order valence-corrected chi connectivity index (χ1v) is 6.83. The number of aromatic nitrogens is 2. The molecule has 3 aromatic rings. The summed E-state index contributed by atoms with van der Waals surface area (Å²) in [5, 5.41) is 10.1. The van der Waals surface area contributed by atoms with Gasteiger partial charge in [-0.3, -0.25) is 14.6 Å². The maximum atomic E-state index is 12.5. The molecule has 5 heteroatoms. The van der Waals surface area contributed by atoms with Gasteiger partial charge in [-0.25, -0.2) is 0 Å². The molecule has 0 saturated heterocycles. The van der Waals surface area contributed by atoms with E-state index in [1.807, 2.05) is 31.2 Å². The van der Waals surface area contributed by atoms with Gasteiger partial charge in [-0.1, -0.05) is 29.8 Å². The van der Waals surface area contributed by atoms with Crippen LogP contribution in [0.5, 0.6) is 5.75 Å². The molecule has 0 aliphatic carbocycles. The number of aromatic hydroxyl groups is 1. The Hall–Kier alpha value is -2.95. The van der Waals surface area contributed by atoms with Gasteiger partial charge in [0.1, 0.15) is 11.1 Å². The molecule has 0 radical (unpaired) electrons. The Morgan fingerprint density at radius 3 is 2.64 bits per heavy atom. The fraction of sp³-hybridized carbons (Fsp3) is 0.118. The molecule has 0 atom stereocenters. The highest BCUT2D eigenvalue weighted by Gasteiger charge is 2.16. The molecule has 22 heavy (non-hydrogen) atoms. The molecular weight excluding hydrogens is 280 g/mol. The van der Waals surface area contributed by atoms with Gasteiger partial charge in [0.05, 0.1) is 12.1 Å². The number of carbonyl (C=O) groups excluding carboxylic acids is 1. The number of hydrogen-bond acceptors (Lipinski definition) is 4. The predicted molar refractivity (Wildman–Crippen MR) is 83.3 cm³/mol. The first-order valence-electron chi connectivity index (χ1n) is 6.83. The summed E-state index contributed by atoms with van der Waals surface area (Å²) in [6.07, 6.45) is 1.88. The van der Waals surface area contributed by atoms with E-state index in [9.17, 15) is 14.7 Å². The molecule has 0 amide bonds. The lowest BCUT2D eigenvalue weighted by atomic mass is 10.1. The van der Waals surface area contributed by atoms with Crippen LogP contribution < -0.4 is 5.56 Å². The second kappa shape index (κ2) is 5.44. The maximum Gasteiger partial charge on any atom is 0.265 e. The largest absolute Gasteiger partial charge is 0.505 e. The monoisotopic (exact) mass is 294 g/mol. The minimum absolute atomic E-state index is 0.247. The number of nitrogens with zero attached hydrogens (tertiary/aromatic N) is 2. The number of hydrogen-bond donors (Lipinski definition) is 1. The minimum atomic E-state index is -0.520. The highest BCUT2D eigenvalue weighted by molar-refractivity contribution is 5.91. The number of pyridine rings is 2. The number of rotatable bonds is 3. The molecule has 0 aliphatic heterocycles. The second-order valence-electron chi connectivity index (χ2n) is 5.13. The summed E-state index contributed by atoms with van der Waals surface area (Å²) >= 11 is 0. The number of fused-ring (bicyclic) bond motifs is 1. The number of carbonyl (C=O) groups is 1. The van der Waals surface area contributed by atoms with Crippen LogP contribution in [0.2, 0.25) is 0 Å². The van der Waals surface area contributed by atoms with E-state index in [1.165, 1.54) is 10.8 Å². The second-order valence-corrected chi connectivity index (χ2v) is 5.13. The Morgan fingerprint density at radius 1 is 1.23 bits per heavy atom. The van der Waals surface area contributed by atoms with Gasteiger partial charge >= 0.3 is 0 Å². The van der Waals surface area contributed by atoms with Crippen molar-refractivity contribution in [3.8, 4) is 5.75 Å². The molecule has 0 saturated carbocycles. The molecule has 0 fully saturated rings. The number of aryl methyl sites for hydroxylation is 1. The molecule has 3 rings (SSSR count). The van der Waals surface area contributed by atoms with Crippen LogP contribution in [0.4, 0.5) is 0 Å². The topological polar surface area (TPSA) is 72.2 Å². The maximum absolute atomic E-state index is 12.5. The van der Waals surface area contributed by atoms with E-state index in [-0.39, 0.29) is 16.8 Å². The highest BCUT2D eigenvalue weighted by atomic mass is 16.3. The van der Waals surface area contributed by atoms with Crippen LogP contribution in [-0.4, -0.2) is 20.9 Å². The Morgan fingerprint density at radius 2 is 1.95 bits per heavy atom.